The molecule has 29 heavy (non-hydrogen) atoms. The standard InChI is InChI=1S/C23H20FN3O2/c24-15-5-6-17-18(12-22(28)26-21(17)11-15)23(29)27-9-7-14(8-10-27)19-13-25-20-4-2-1-3-16(19)20/h1-7,11,13,18,25H,8-10,12H2,(H,26,28). The summed E-state index contributed by atoms with van der Waals surface area (Å²) < 4.78 is 13.5. The Morgan fingerprint density at radius 3 is 2.86 bits per heavy atom. The molecule has 1 aromatic heterocycles. The van der Waals surface area contributed by atoms with E-state index in [4.69, 9.17) is 0 Å². The van der Waals surface area contributed by atoms with Crippen molar-refractivity contribution in [2.75, 3.05) is 18.4 Å². The Morgan fingerprint density at radius 1 is 1.17 bits per heavy atom. The molecule has 2 aromatic carbocycles. The number of amides is 2. The van der Waals surface area contributed by atoms with Crippen LogP contribution in [0.2, 0.25) is 0 Å². The van der Waals surface area contributed by atoms with Crippen molar-refractivity contribution in [3.8, 4) is 0 Å². The fourth-order valence-electron chi connectivity index (χ4n) is 4.33. The Kier molecular flexibility index (Phi) is 4.19. The molecule has 0 aliphatic carbocycles. The van der Waals surface area contributed by atoms with Crippen LogP contribution < -0.4 is 5.32 Å². The fraction of sp³-hybridized carbons (Fsp3) is 0.217. The van der Waals surface area contributed by atoms with Gasteiger partial charge in [0.15, 0.2) is 0 Å². The summed E-state index contributed by atoms with van der Waals surface area (Å²) in [4.78, 5) is 30.3. The minimum Gasteiger partial charge on any atom is -0.361 e. The number of fused-ring (bicyclic) bond motifs is 2. The number of hydrogen-bond acceptors (Lipinski definition) is 2. The molecule has 5 rings (SSSR count). The van der Waals surface area contributed by atoms with Gasteiger partial charge in [-0.1, -0.05) is 30.3 Å². The van der Waals surface area contributed by atoms with Gasteiger partial charge in [-0.05, 0) is 35.8 Å². The average molecular weight is 389 g/mol. The maximum absolute atomic E-state index is 13.5. The zero-order valence-electron chi connectivity index (χ0n) is 15.7. The summed E-state index contributed by atoms with van der Waals surface area (Å²) >= 11 is 0. The second kappa shape index (κ2) is 6.88. The summed E-state index contributed by atoms with van der Waals surface area (Å²) in [5.41, 5.74) is 4.56. The second-order valence-electron chi connectivity index (χ2n) is 7.55. The Hall–Kier alpha value is -3.41. The molecule has 146 valence electrons. The van der Waals surface area contributed by atoms with Crippen LogP contribution in [0.5, 0.6) is 0 Å². The molecule has 1 unspecified atom stereocenters. The molecule has 2 amide bonds. The van der Waals surface area contributed by atoms with Crippen molar-refractivity contribution in [2.24, 2.45) is 0 Å². The number of anilines is 1. The van der Waals surface area contributed by atoms with Crippen LogP contribution in [0.15, 0.2) is 54.7 Å². The third-order valence-corrected chi connectivity index (χ3v) is 5.81. The molecular weight excluding hydrogens is 369 g/mol. The summed E-state index contributed by atoms with van der Waals surface area (Å²) in [6.07, 6.45) is 4.95. The van der Waals surface area contributed by atoms with Gasteiger partial charge in [-0.2, -0.15) is 0 Å². The number of H-pyrrole nitrogens is 1. The molecule has 1 atom stereocenters. The van der Waals surface area contributed by atoms with Crippen molar-refractivity contribution in [3.05, 3.63) is 71.7 Å². The number of hydrogen-bond donors (Lipinski definition) is 2. The molecule has 6 heteroatoms. The molecule has 3 aromatic rings. The molecule has 0 radical (unpaired) electrons. The quantitative estimate of drug-likeness (QED) is 0.695. The molecule has 0 saturated carbocycles. The first-order chi connectivity index (χ1) is 14.1. The van der Waals surface area contributed by atoms with Crippen LogP contribution in [-0.2, 0) is 9.59 Å². The number of benzene rings is 2. The van der Waals surface area contributed by atoms with E-state index in [1.165, 1.54) is 28.7 Å². The topological polar surface area (TPSA) is 65.2 Å². The zero-order chi connectivity index (χ0) is 20.0. The normalized spacial score (nSPS) is 18.9. The van der Waals surface area contributed by atoms with Crippen molar-refractivity contribution in [1.82, 2.24) is 9.88 Å². The molecule has 0 spiro atoms. The summed E-state index contributed by atoms with van der Waals surface area (Å²) in [5.74, 6) is -1.33. The van der Waals surface area contributed by atoms with Gasteiger partial charge in [-0.15, -0.1) is 0 Å². The predicted molar refractivity (Wildman–Crippen MR) is 110 cm³/mol. The first kappa shape index (κ1) is 17.7. The van der Waals surface area contributed by atoms with E-state index in [9.17, 15) is 14.0 Å². The fourth-order valence-corrected chi connectivity index (χ4v) is 4.33. The molecule has 0 fully saturated rings. The van der Waals surface area contributed by atoms with E-state index >= 15 is 0 Å². The third-order valence-electron chi connectivity index (χ3n) is 5.81. The zero-order valence-corrected chi connectivity index (χ0v) is 15.7. The van der Waals surface area contributed by atoms with E-state index < -0.39 is 11.7 Å². The van der Waals surface area contributed by atoms with Gasteiger partial charge in [-0.25, -0.2) is 4.39 Å². The highest BCUT2D eigenvalue weighted by atomic mass is 19.1. The molecule has 5 nitrogen and oxygen atoms in total. The van der Waals surface area contributed by atoms with Crippen LogP contribution in [-0.4, -0.2) is 34.8 Å². The van der Waals surface area contributed by atoms with Crippen molar-refractivity contribution in [3.63, 3.8) is 0 Å². The maximum Gasteiger partial charge on any atom is 0.231 e. The smallest absolute Gasteiger partial charge is 0.231 e. The van der Waals surface area contributed by atoms with Gasteiger partial charge in [0.2, 0.25) is 11.8 Å². The molecule has 0 saturated heterocycles. The number of halogens is 1. The van der Waals surface area contributed by atoms with Crippen molar-refractivity contribution >= 4 is 34.0 Å². The summed E-state index contributed by atoms with van der Waals surface area (Å²) in [6, 6.07) is 12.4. The molecule has 2 N–H and O–H groups in total. The van der Waals surface area contributed by atoms with Gasteiger partial charge in [0.05, 0.1) is 5.92 Å². The highest BCUT2D eigenvalue weighted by Crippen LogP contribution is 2.35. The second-order valence-corrected chi connectivity index (χ2v) is 7.55. The van der Waals surface area contributed by atoms with E-state index in [1.54, 1.807) is 11.0 Å². The minimum atomic E-state index is -0.567. The van der Waals surface area contributed by atoms with E-state index in [1.807, 2.05) is 24.4 Å². The van der Waals surface area contributed by atoms with Crippen LogP contribution in [0.1, 0.15) is 29.9 Å². The maximum atomic E-state index is 13.5. The molecule has 2 aliphatic heterocycles. The minimum absolute atomic E-state index is 0.0815. The summed E-state index contributed by atoms with van der Waals surface area (Å²) in [6.45, 7) is 1.10. The van der Waals surface area contributed by atoms with Gasteiger partial charge in [0.1, 0.15) is 5.82 Å². The van der Waals surface area contributed by atoms with E-state index in [0.717, 1.165) is 11.9 Å². The first-order valence-corrected chi connectivity index (χ1v) is 9.74. The highest BCUT2D eigenvalue weighted by molar-refractivity contribution is 6.01. The van der Waals surface area contributed by atoms with Crippen LogP contribution in [0.3, 0.4) is 0 Å². The number of nitrogens with one attached hydrogen (secondary N) is 2. The van der Waals surface area contributed by atoms with Gasteiger partial charge < -0.3 is 15.2 Å². The lowest BCUT2D eigenvalue weighted by molar-refractivity contribution is -0.134. The largest absolute Gasteiger partial charge is 0.361 e. The lowest BCUT2D eigenvalue weighted by Gasteiger charge is -2.32. The molecular formula is C23H20FN3O2. The number of aromatic amines is 1. The summed E-state index contributed by atoms with van der Waals surface area (Å²) in [5, 5.41) is 3.85. The number of nitrogens with zero attached hydrogens (tertiary/aromatic N) is 1. The molecule has 2 aliphatic rings. The third kappa shape index (κ3) is 3.10. The van der Waals surface area contributed by atoms with Gasteiger partial charge in [-0.3, -0.25) is 9.59 Å². The van der Waals surface area contributed by atoms with Gasteiger partial charge >= 0.3 is 0 Å². The number of carbonyl (C=O) groups excluding carboxylic acids is 2. The number of para-hydroxylation sites is 1. The van der Waals surface area contributed by atoms with Crippen LogP contribution >= 0.6 is 0 Å². The Balaban J connectivity index is 1.38. The van der Waals surface area contributed by atoms with Crippen molar-refractivity contribution < 1.29 is 14.0 Å². The van der Waals surface area contributed by atoms with Crippen LogP contribution in [0, 0.1) is 5.82 Å². The van der Waals surface area contributed by atoms with E-state index in [2.05, 4.69) is 22.4 Å². The average Bonchev–Trinajstić information content (AvgIpc) is 3.16. The highest BCUT2D eigenvalue weighted by Gasteiger charge is 2.34. The molecule has 0 bridgehead atoms. The number of aromatic nitrogens is 1. The number of carbonyl (C=O) groups is 2. The van der Waals surface area contributed by atoms with Gasteiger partial charge in [0.25, 0.3) is 0 Å². The van der Waals surface area contributed by atoms with E-state index in [0.29, 0.717) is 24.3 Å². The van der Waals surface area contributed by atoms with Gasteiger partial charge in [0, 0.05) is 47.9 Å². The summed E-state index contributed by atoms with van der Waals surface area (Å²) in [7, 11) is 0. The van der Waals surface area contributed by atoms with E-state index in [-0.39, 0.29) is 18.2 Å². The monoisotopic (exact) mass is 389 g/mol. The predicted octanol–water partition coefficient (Wildman–Crippen LogP) is 4.05. The SMILES string of the molecule is O=C1CC(C(=O)N2CC=C(c3c[nH]c4ccccc34)CC2)c2ccc(F)cc2N1. The van der Waals surface area contributed by atoms with Crippen molar-refractivity contribution in [2.45, 2.75) is 18.8 Å². The lowest BCUT2D eigenvalue weighted by atomic mass is 9.88. The van der Waals surface area contributed by atoms with Crippen LogP contribution in [0.4, 0.5) is 10.1 Å². The number of rotatable bonds is 2. The molecule has 3 heterocycles. The Labute approximate surface area is 167 Å². The van der Waals surface area contributed by atoms with Crippen LogP contribution in [0.25, 0.3) is 16.5 Å². The first-order valence-electron chi connectivity index (χ1n) is 9.74. The Morgan fingerprint density at radius 2 is 2.03 bits per heavy atom. The lowest BCUT2D eigenvalue weighted by Crippen LogP contribution is -2.40. The van der Waals surface area contributed by atoms with Crippen molar-refractivity contribution in [1.29, 1.82) is 0 Å². The Bertz CT molecular complexity index is 1160.